The first-order chi connectivity index (χ1) is 12.9. The highest BCUT2D eigenvalue weighted by Crippen LogP contribution is 2.22. The summed E-state index contributed by atoms with van der Waals surface area (Å²) < 4.78 is 23.3. The largest absolute Gasteiger partial charge is 0.373 e. The van der Waals surface area contributed by atoms with Gasteiger partial charge in [0.1, 0.15) is 5.71 Å². The molecule has 0 spiro atoms. The van der Waals surface area contributed by atoms with Gasteiger partial charge in [-0.2, -0.15) is 5.10 Å². The van der Waals surface area contributed by atoms with Gasteiger partial charge in [-0.3, -0.25) is 9.59 Å². The molecular weight excluding hydrogens is 368 g/mol. The Morgan fingerprint density at radius 1 is 1.30 bits per heavy atom. The van der Waals surface area contributed by atoms with Crippen molar-refractivity contribution >= 4 is 33.1 Å². The molecule has 8 nitrogen and oxygen atoms in total. The standard InChI is InChI=1S/C18H24N4O4S/c1-21(14-5-3-2-4-6-14)11-10-19-18(24)16-7-8-17(23)22(20-16)15-9-12-27(25,26)13-15/h2-6,15H,7-13H2,1H3,(H,19,24)/t15-/m1/s1. The molecule has 2 heterocycles. The van der Waals surface area contributed by atoms with Crippen molar-refractivity contribution < 1.29 is 18.0 Å². The molecule has 0 saturated carbocycles. The maximum absolute atomic E-state index is 12.4. The minimum atomic E-state index is -3.13. The van der Waals surface area contributed by atoms with E-state index in [-0.39, 0.29) is 41.9 Å². The number of amides is 2. The van der Waals surface area contributed by atoms with E-state index in [1.807, 2.05) is 42.3 Å². The summed E-state index contributed by atoms with van der Waals surface area (Å²) in [5, 5.41) is 8.21. The number of sulfone groups is 1. The van der Waals surface area contributed by atoms with Gasteiger partial charge >= 0.3 is 0 Å². The van der Waals surface area contributed by atoms with Crippen LogP contribution in [0, 0.1) is 0 Å². The Morgan fingerprint density at radius 3 is 2.70 bits per heavy atom. The van der Waals surface area contributed by atoms with Crippen LogP contribution in [0.5, 0.6) is 0 Å². The van der Waals surface area contributed by atoms with Gasteiger partial charge < -0.3 is 10.2 Å². The van der Waals surface area contributed by atoms with Crippen LogP contribution >= 0.6 is 0 Å². The average molecular weight is 392 g/mol. The molecule has 0 aliphatic carbocycles. The summed E-state index contributed by atoms with van der Waals surface area (Å²) in [7, 11) is -1.18. The van der Waals surface area contributed by atoms with E-state index >= 15 is 0 Å². The number of nitrogens with one attached hydrogen (secondary N) is 1. The zero-order chi connectivity index (χ0) is 19.4. The molecule has 1 aromatic rings. The second-order valence-electron chi connectivity index (χ2n) is 6.85. The van der Waals surface area contributed by atoms with Crippen LogP contribution in [-0.4, -0.2) is 68.6 Å². The van der Waals surface area contributed by atoms with Gasteiger partial charge in [-0.05, 0) is 18.6 Å². The van der Waals surface area contributed by atoms with Gasteiger partial charge in [-0.25, -0.2) is 13.4 Å². The first-order valence-corrected chi connectivity index (χ1v) is 10.8. The lowest BCUT2D eigenvalue weighted by Crippen LogP contribution is -2.44. The molecule has 1 N–H and O–H groups in total. The number of likely N-dealkylation sites (N-methyl/N-ethyl adjacent to an activating group) is 1. The van der Waals surface area contributed by atoms with E-state index in [9.17, 15) is 18.0 Å². The third kappa shape index (κ3) is 4.85. The van der Waals surface area contributed by atoms with Gasteiger partial charge in [0.05, 0.1) is 17.5 Å². The molecule has 27 heavy (non-hydrogen) atoms. The Labute approximate surface area is 159 Å². The predicted octanol–water partition coefficient (Wildman–Crippen LogP) is 0.405. The summed E-state index contributed by atoms with van der Waals surface area (Å²) in [4.78, 5) is 26.5. The number of benzene rings is 1. The molecule has 0 unspecified atom stereocenters. The summed E-state index contributed by atoms with van der Waals surface area (Å²) in [6.45, 7) is 1.07. The fraction of sp³-hybridized carbons (Fsp3) is 0.500. The molecule has 0 radical (unpaired) electrons. The van der Waals surface area contributed by atoms with Crippen molar-refractivity contribution in [2.45, 2.75) is 25.3 Å². The number of para-hydroxylation sites is 1. The van der Waals surface area contributed by atoms with E-state index in [0.717, 1.165) is 5.69 Å². The molecule has 1 saturated heterocycles. The fourth-order valence-electron chi connectivity index (χ4n) is 3.24. The molecule has 1 fully saturated rings. The van der Waals surface area contributed by atoms with E-state index in [1.54, 1.807) is 0 Å². The maximum atomic E-state index is 12.4. The summed E-state index contributed by atoms with van der Waals surface area (Å²) in [5.74, 6) is -0.559. The minimum absolute atomic E-state index is 0.0598. The second-order valence-corrected chi connectivity index (χ2v) is 9.08. The van der Waals surface area contributed by atoms with Gasteiger partial charge in [0.25, 0.3) is 5.91 Å². The SMILES string of the molecule is CN(CCNC(=O)C1=NN([C@@H]2CCS(=O)(=O)C2)C(=O)CC1)c1ccccc1. The topological polar surface area (TPSA) is 99.2 Å². The van der Waals surface area contributed by atoms with Crippen molar-refractivity contribution in [3.05, 3.63) is 30.3 Å². The summed E-state index contributed by atoms with van der Waals surface area (Å²) in [6, 6.07) is 9.38. The molecule has 9 heteroatoms. The molecule has 3 rings (SSSR count). The summed E-state index contributed by atoms with van der Waals surface area (Å²) >= 11 is 0. The molecule has 0 aromatic heterocycles. The number of rotatable bonds is 6. The fourth-order valence-corrected chi connectivity index (χ4v) is 4.93. The molecule has 146 valence electrons. The van der Waals surface area contributed by atoms with Gasteiger partial charge in [-0.15, -0.1) is 0 Å². The monoisotopic (exact) mass is 392 g/mol. The number of nitrogens with zero attached hydrogens (tertiary/aromatic N) is 3. The van der Waals surface area contributed by atoms with Crippen molar-refractivity contribution in [3.63, 3.8) is 0 Å². The highest BCUT2D eigenvalue weighted by Gasteiger charge is 2.37. The van der Waals surface area contributed by atoms with Crippen LogP contribution in [0.4, 0.5) is 5.69 Å². The van der Waals surface area contributed by atoms with Crippen LogP contribution in [0.2, 0.25) is 0 Å². The second kappa shape index (κ2) is 8.08. The number of carbonyl (C=O) groups is 2. The van der Waals surface area contributed by atoms with Crippen molar-refractivity contribution in [2.24, 2.45) is 5.10 Å². The zero-order valence-corrected chi connectivity index (χ0v) is 16.1. The first-order valence-electron chi connectivity index (χ1n) is 9.00. The van der Waals surface area contributed by atoms with E-state index in [4.69, 9.17) is 0 Å². The Morgan fingerprint density at radius 2 is 2.04 bits per heavy atom. The van der Waals surface area contributed by atoms with E-state index in [1.165, 1.54) is 5.01 Å². The summed E-state index contributed by atoms with van der Waals surface area (Å²) in [5.41, 5.74) is 1.34. The Balaban J connectivity index is 1.56. The quantitative estimate of drug-likeness (QED) is 0.756. The third-order valence-corrected chi connectivity index (χ3v) is 6.56. The smallest absolute Gasteiger partial charge is 0.267 e. The van der Waals surface area contributed by atoms with Crippen LogP contribution in [0.15, 0.2) is 35.4 Å². The number of hydrazone groups is 1. The van der Waals surface area contributed by atoms with Gasteiger partial charge in [0.2, 0.25) is 5.91 Å². The number of carbonyl (C=O) groups excluding carboxylic acids is 2. The number of hydrogen-bond acceptors (Lipinski definition) is 6. The molecule has 1 atom stereocenters. The lowest BCUT2D eigenvalue weighted by atomic mass is 10.1. The first kappa shape index (κ1) is 19.3. The Bertz CT molecular complexity index is 838. The molecule has 1 aromatic carbocycles. The third-order valence-electron chi connectivity index (χ3n) is 4.81. The molecular formula is C18H24N4O4S. The highest BCUT2D eigenvalue weighted by atomic mass is 32.2. The van der Waals surface area contributed by atoms with Crippen LogP contribution < -0.4 is 10.2 Å². The molecule has 2 amide bonds. The normalized spacial score (nSPS) is 21.7. The highest BCUT2D eigenvalue weighted by molar-refractivity contribution is 7.91. The van der Waals surface area contributed by atoms with Crippen molar-refractivity contribution in [3.8, 4) is 0 Å². The van der Waals surface area contributed by atoms with Crippen molar-refractivity contribution in [1.82, 2.24) is 10.3 Å². The van der Waals surface area contributed by atoms with Crippen LogP contribution in [0.3, 0.4) is 0 Å². The zero-order valence-electron chi connectivity index (χ0n) is 15.3. The molecule has 2 aliphatic rings. The Kier molecular flexibility index (Phi) is 5.79. The lowest BCUT2D eigenvalue weighted by molar-refractivity contribution is -0.133. The van der Waals surface area contributed by atoms with E-state index in [0.29, 0.717) is 19.5 Å². The number of anilines is 1. The lowest BCUT2D eigenvalue weighted by Gasteiger charge is -2.27. The average Bonchev–Trinajstić information content (AvgIpc) is 3.02. The van der Waals surface area contributed by atoms with Crippen molar-refractivity contribution in [2.75, 3.05) is 36.5 Å². The predicted molar refractivity (Wildman–Crippen MR) is 103 cm³/mol. The Hall–Kier alpha value is -2.42. The minimum Gasteiger partial charge on any atom is -0.373 e. The van der Waals surface area contributed by atoms with Crippen LogP contribution in [0.1, 0.15) is 19.3 Å². The van der Waals surface area contributed by atoms with Crippen molar-refractivity contribution in [1.29, 1.82) is 0 Å². The molecule has 2 aliphatic heterocycles. The van der Waals surface area contributed by atoms with E-state index in [2.05, 4.69) is 10.4 Å². The van der Waals surface area contributed by atoms with Crippen LogP contribution in [-0.2, 0) is 19.4 Å². The van der Waals surface area contributed by atoms with E-state index < -0.39 is 15.9 Å². The summed E-state index contributed by atoms with van der Waals surface area (Å²) in [6.07, 6.45) is 0.816. The molecule has 0 bridgehead atoms. The van der Waals surface area contributed by atoms with Gasteiger partial charge in [-0.1, -0.05) is 18.2 Å². The maximum Gasteiger partial charge on any atom is 0.267 e. The van der Waals surface area contributed by atoms with Crippen LogP contribution in [0.25, 0.3) is 0 Å². The van der Waals surface area contributed by atoms with Gasteiger partial charge in [0.15, 0.2) is 9.84 Å². The number of hydrogen-bond donors (Lipinski definition) is 1. The van der Waals surface area contributed by atoms with Gasteiger partial charge in [0, 0.05) is 38.7 Å².